The number of carbonyl (C=O) groups excluding carboxylic acids is 1. The van der Waals surface area contributed by atoms with Gasteiger partial charge in [0.1, 0.15) is 10.7 Å². The fourth-order valence-corrected chi connectivity index (χ4v) is 5.62. The van der Waals surface area contributed by atoms with Crippen molar-refractivity contribution in [3.05, 3.63) is 17.3 Å². The maximum Gasteiger partial charge on any atom is 0.229 e. The van der Waals surface area contributed by atoms with Gasteiger partial charge in [-0.1, -0.05) is 11.6 Å². The Morgan fingerprint density at radius 1 is 1.26 bits per heavy atom. The normalized spacial score (nSPS) is 33.4. The van der Waals surface area contributed by atoms with Crippen LogP contribution in [-0.4, -0.2) is 33.2 Å². The highest BCUT2D eigenvalue weighted by molar-refractivity contribution is 6.29. The van der Waals surface area contributed by atoms with Gasteiger partial charge in [0.2, 0.25) is 11.9 Å². The molecule has 1 amide bonds. The highest BCUT2D eigenvalue weighted by atomic mass is 35.5. The second-order valence-electron chi connectivity index (χ2n) is 8.98. The van der Waals surface area contributed by atoms with E-state index < -0.39 is 0 Å². The van der Waals surface area contributed by atoms with Crippen molar-refractivity contribution in [1.82, 2.24) is 14.5 Å². The van der Waals surface area contributed by atoms with Gasteiger partial charge in [0.25, 0.3) is 0 Å². The van der Waals surface area contributed by atoms with Crippen LogP contribution in [0.4, 0.5) is 5.95 Å². The molecule has 4 aliphatic rings. The number of imidazole rings is 1. The molecule has 6 rings (SSSR count). The summed E-state index contributed by atoms with van der Waals surface area (Å²) < 4.78 is 8.01. The van der Waals surface area contributed by atoms with Crippen molar-refractivity contribution in [1.29, 1.82) is 0 Å². The Bertz CT molecular complexity index is 929. The molecule has 0 atom stereocenters. The van der Waals surface area contributed by atoms with Crippen molar-refractivity contribution >= 4 is 34.6 Å². The van der Waals surface area contributed by atoms with Gasteiger partial charge in [-0.25, -0.2) is 9.97 Å². The van der Waals surface area contributed by atoms with Crippen LogP contribution in [0.3, 0.4) is 0 Å². The van der Waals surface area contributed by atoms with Crippen LogP contribution in [0.1, 0.15) is 57.4 Å². The second-order valence-corrected chi connectivity index (χ2v) is 9.37. The number of ether oxygens (including phenoxy) is 1. The van der Waals surface area contributed by atoms with Crippen LogP contribution in [0.25, 0.3) is 11.2 Å². The van der Waals surface area contributed by atoms with Gasteiger partial charge in [-0.3, -0.25) is 14.7 Å². The Kier molecular flexibility index (Phi) is 3.29. The minimum Gasteiger partial charge on any atom is -0.378 e. The highest BCUT2D eigenvalue weighted by Gasteiger charge is 2.85. The van der Waals surface area contributed by atoms with Gasteiger partial charge < -0.3 is 4.74 Å². The van der Waals surface area contributed by atoms with Gasteiger partial charge in [-0.2, -0.15) is 0 Å². The Hall–Kier alpha value is -1.66. The van der Waals surface area contributed by atoms with Crippen molar-refractivity contribution in [2.45, 2.75) is 63.5 Å². The van der Waals surface area contributed by atoms with Crippen LogP contribution in [0.2, 0.25) is 5.15 Å². The number of fused-ring (bicyclic) bond motifs is 1. The summed E-state index contributed by atoms with van der Waals surface area (Å²) in [5.41, 5.74) is 2.85. The van der Waals surface area contributed by atoms with Crippen molar-refractivity contribution in [2.75, 3.05) is 11.9 Å². The molecule has 142 valence electrons. The van der Waals surface area contributed by atoms with Crippen molar-refractivity contribution < 1.29 is 9.53 Å². The molecule has 0 saturated heterocycles. The molecule has 0 aliphatic heterocycles. The first kappa shape index (κ1) is 16.3. The number of hydrogen-bond donors (Lipinski definition) is 1. The first-order valence-electron chi connectivity index (χ1n) is 10.0. The summed E-state index contributed by atoms with van der Waals surface area (Å²) in [6.07, 6.45) is 9.34. The molecular weight excluding hydrogens is 364 g/mol. The summed E-state index contributed by atoms with van der Waals surface area (Å²) in [4.78, 5) is 21.5. The number of aromatic nitrogens is 3. The van der Waals surface area contributed by atoms with E-state index in [0.717, 1.165) is 24.0 Å². The lowest BCUT2D eigenvalue weighted by Gasteiger charge is -2.28. The molecule has 0 spiro atoms. The third kappa shape index (κ3) is 2.46. The van der Waals surface area contributed by atoms with Crippen molar-refractivity contribution in [2.24, 2.45) is 10.8 Å². The molecule has 0 bridgehead atoms. The van der Waals surface area contributed by atoms with Crippen LogP contribution in [0, 0.1) is 10.8 Å². The maximum atomic E-state index is 12.5. The van der Waals surface area contributed by atoms with E-state index in [1.165, 1.54) is 32.1 Å². The van der Waals surface area contributed by atoms with E-state index in [1.54, 1.807) is 6.07 Å². The van der Waals surface area contributed by atoms with Gasteiger partial charge in [0, 0.05) is 6.04 Å². The van der Waals surface area contributed by atoms with Gasteiger partial charge in [0.05, 0.1) is 19.1 Å². The molecule has 2 aromatic rings. The minimum absolute atomic E-state index is 0.0541. The van der Waals surface area contributed by atoms with E-state index in [1.807, 2.05) is 10.6 Å². The molecular formula is C20H23ClN4O2. The number of nitrogens with zero attached hydrogens (tertiary/aromatic N) is 3. The molecule has 4 saturated carbocycles. The highest BCUT2D eigenvalue weighted by Crippen LogP contribution is 2.93. The number of rotatable bonds is 6. The fourth-order valence-electron chi connectivity index (χ4n) is 5.47. The third-order valence-electron chi connectivity index (χ3n) is 7.34. The molecule has 0 radical (unpaired) electrons. The van der Waals surface area contributed by atoms with Crippen molar-refractivity contribution in [3.63, 3.8) is 0 Å². The SMILES string of the molecule is O=C(CCOC1CC23CC2(C1)C3)Nc1nc2ccc(Cl)nc2n1C1CCC1. The summed E-state index contributed by atoms with van der Waals surface area (Å²) in [7, 11) is 0. The number of halogens is 1. The molecule has 0 unspecified atom stereocenters. The monoisotopic (exact) mass is 386 g/mol. The molecule has 1 N–H and O–H groups in total. The quantitative estimate of drug-likeness (QED) is 0.759. The lowest BCUT2D eigenvalue weighted by Crippen LogP contribution is -2.24. The van der Waals surface area contributed by atoms with E-state index in [9.17, 15) is 4.79 Å². The Morgan fingerprint density at radius 3 is 2.74 bits per heavy atom. The predicted octanol–water partition coefficient (Wildman–Crippen LogP) is 4.10. The van der Waals surface area contributed by atoms with E-state index in [2.05, 4.69) is 15.3 Å². The predicted molar refractivity (Wildman–Crippen MR) is 102 cm³/mol. The van der Waals surface area contributed by atoms with Gasteiger partial charge in [-0.15, -0.1) is 0 Å². The zero-order valence-electron chi connectivity index (χ0n) is 15.2. The average Bonchev–Trinajstić information content (AvgIpc) is 3.21. The number of amides is 1. The van der Waals surface area contributed by atoms with Gasteiger partial charge in [0.15, 0.2) is 5.65 Å². The summed E-state index contributed by atoms with van der Waals surface area (Å²) >= 11 is 6.07. The Labute approximate surface area is 162 Å². The Balaban J connectivity index is 1.11. The number of hydrogen-bond acceptors (Lipinski definition) is 4. The topological polar surface area (TPSA) is 69.0 Å². The molecule has 2 aromatic heterocycles. The standard InChI is InChI=1S/C20H23ClN4O2/c21-15-5-4-14-17(23-15)25(12-2-1-3-12)18(22-14)24-16(26)6-7-27-13-8-19-10-20(19,9-13)11-19/h4-5,12-13H,1-3,6-11H2,(H,22,24,26). The van der Waals surface area contributed by atoms with E-state index in [-0.39, 0.29) is 5.91 Å². The van der Waals surface area contributed by atoms with E-state index in [4.69, 9.17) is 16.3 Å². The van der Waals surface area contributed by atoms with Crippen LogP contribution in [0.5, 0.6) is 0 Å². The number of pyridine rings is 1. The van der Waals surface area contributed by atoms with Crippen LogP contribution in [-0.2, 0) is 9.53 Å². The third-order valence-corrected chi connectivity index (χ3v) is 7.55. The summed E-state index contributed by atoms with van der Waals surface area (Å²) in [6, 6.07) is 3.92. The minimum atomic E-state index is -0.0541. The van der Waals surface area contributed by atoms with Crippen molar-refractivity contribution in [3.8, 4) is 0 Å². The summed E-state index contributed by atoms with van der Waals surface area (Å²) in [5, 5.41) is 3.42. The molecule has 4 aliphatic carbocycles. The van der Waals surface area contributed by atoms with Gasteiger partial charge in [-0.05, 0) is 67.9 Å². The Morgan fingerprint density at radius 2 is 2.04 bits per heavy atom. The second kappa shape index (κ2) is 5.45. The largest absolute Gasteiger partial charge is 0.378 e. The van der Waals surface area contributed by atoms with Crippen LogP contribution < -0.4 is 5.32 Å². The summed E-state index contributed by atoms with van der Waals surface area (Å²) in [5.74, 6) is 0.525. The van der Waals surface area contributed by atoms with E-state index in [0.29, 0.717) is 47.1 Å². The van der Waals surface area contributed by atoms with Crippen LogP contribution in [0.15, 0.2) is 12.1 Å². The molecule has 7 heteroatoms. The molecule has 0 aromatic carbocycles. The maximum absolute atomic E-state index is 12.5. The van der Waals surface area contributed by atoms with E-state index >= 15 is 0 Å². The lowest BCUT2D eigenvalue weighted by atomic mass is 9.93. The molecule has 6 nitrogen and oxygen atoms in total. The average molecular weight is 387 g/mol. The summed E-state index contributed by atoms with van der Waals surface area (Å²) in [6.45, 7) is 0.483. The smallest absolute Gasteiger partial charge is 0.229 e. The molecule has 27 heavy (non-hydrogen) atoms. The zero-order chi connectivity index (χ0) is 18.2. The number of anilines is 1. The fraction of sp³-hybridized carbons (Fsp3) is 0.650. The lowest BCUT2D eigenvalue weighted by molar-refractivity contribution is -0.117. The molecule has 2 heterocycles. The van der Waals surface area contributed by atoms with Crippen LogP contribution >= 0.6 is 11.6 Å². The first-order valence-corrected chi connectivity index (χ1v) is 10.4. The molecule has 4 fully saturated rings. The number of carbonyl (C=O) groups is 1. The number of nitrogens with one attached hydrogen (secondary N) is 1. The van der Waals surface area contributed by atoms with Gasteiger partial charge >= 0.3 is 0 Å². The zero-order valence-corrected chi connectivity index (χ0v) is 16.0. The first-order chi connectivity index (χ1) is 13.1.